The molecule has 2 bridgehead atoms. The van der Waals surface area contributed by atoms with Gasteiger partial charge in [-0.05, 0) is 74.8 Å². The molecular weight excluding hydrogens is 823 g/mol. The molecule has 14 nitrogen and oxygen atoms in total. The molecule has 63 heavy (non-hydrogen) atoms. The first kappa shape index (κ1) is 52.1. The number of hydrogen-bond donors (Lipinski definition) is 3. The standard InChI is InChI=1S/C48H77N5O9S/c1-10-31(4)42(51(7)47(58)41(30(2)3)50-46(57)43-35-22-23-36(28-35)52(43)24-16-11-12-17-26-63-33(6)54)39(61-8)29-40(55)53-25-18-21-38(53)44(62-9)32(5)45(56)49-37(48(59)60)27-34-19-14-13-15-20-34/h13-15,19-20,30-32,35-39,41-44H,10-12,16-18,21-29H2,1-9H3,(H,49,56)(H,50,57)(H,59,60)/t31-,32+,35-,36+,37?,38?,39+,41?,42-,43-,44+/m0/s1. The van der Waals surface area contributed by atoms with Crippen molar-refractivity contribution in [2.24, 2.45) is 23.7 Å². The van der Waals surface area contributed by atoms with Gasteiger partial charge in [0.25, 0.3) is 0 Å². The molecule has 2 aliphatic heterocycles. The molecule has 2 saturated heterocycles. The van der Waals surface area contributed by atoms with E-state index in [0.29, 0.717) is 25.4 Å². The number of nitrogens with zero attached hydrogens (tertiary/aromatic N) is 3. The molecule has 1 aliphatic carbocycles. The molecule has 0 radical (unpaired) electrons. The highest BCUT2D eigenvalue weighted by Crippen LogP contribution is 2.43. The topological polar surface area (TPSA) is 175 Å². The van der Waals surface area contributed by atoms with Gasteiger partial charge in [-0.15, -0.1) is 0 Å². The smallest absolute Gasteiger partial charge is 0.326 e. The number of aliphatic carboxylic acids is 1. The lowest BCUT2D eigenvalue weighted by Crippen LogP contribution is -2.60. The number of likely N-dealkylation sites (tertiary alicyclic amines) is 2. The summed E-state index contributed by atoms with van der Waals surface area (Å²) >= 11 is 1.38. The predicted octanol–water partition coefficient (Wildman–Crippen LogP) is 5.55. The van der Waals surface area contributed by atoms with Gasteiger partial charge in [-0.2, -0.15) is 0 Å². The van der Waals surface area contributed by atoms with Crippen LogP contribution in [-0.2, 0) is 44.7 Å². The summed E-state index contributed by atoms with van der Waals surface area (Å²) in [5.41, 5.74) is 0.785. The van der Waals surface area contributed by atoms with Crippen LogP contribution in [0.4, 0.5) is 0 Å². The van der Waals surface area contributed by atoms with Crippen molar-refractivity contribution >= 4 is 46.5 Å². The van der Waals surface area contributed by atoms with Crippen LogP contribution in [0, 0.1) is 23.7 Å². The van der Waals surface area contributed by atoms with Crippen LogP contribution in [0.15, 0.2) is 30.3 Å². The van der Waals surface area contributed by atoms with Gasteiger partial charge in [0.15, 0.2) is 5.12 Å². The first-order valence-electron chi connectivity index (χ1n) is 23.4. The molecule has 354 valence electrons. The quantitative estimate of drug-likeness (QED) is 0.0995. The Morgan fingerprint density at radius 1 is 0.937 bits per heavy atom. The number of methoxy groups -OCH3 is 2. The number of nitrogens with one attached hydrogen (secondary N) is 2. The summed E-state index contributed by atoms with van der Waals surface area (Å²) in [5.74, 6) is -1.99. The fraction of sp³-hybridized carbons (Fsp3) is 0.750. The van der Waals surface area contributed by atoms with Crippen LogP contribution in [0.2, 0.25) is 0 Å². The minimum absolute atomic E-state index is 0.0107. The summed E-state index contributed by atoms with van der Waals surface area (Å²) in [7, 11) is 4.81. The molecule has 15 heteroatoms. The summed E-state index contributed by atoms with van der Waals surface area (Å²) < 4.78 is 12.0. The zero-order valence-corrected chi connectivity index (χ0v) is 40.2. The number of hydrogen-bond acceptors (Lipinski definition) is 10. The summed E-state index contributed by atoms with van der Waals surface area (Å²) in [5, 5.41) is 16.0. The van der Waals surface area contributed by atoms with Crippen molar-refractivity contribution in [3.63, 3.8) is 0 Å². The molecule has 1 aromatic rings. The number of unbranched alkanes of at least 4 members (excludes halogenated alkanes) is 3. The Hall–Kier alpha value is -3.53. The number of thioether (sulfide) groups is 1. The van der Waals surface area contributed by atoms with Crippen LogP contribution < -0.4 is 10.6 Å². The number of rotatable bonds is 26. The molecule has 4 rings (SSSR count). The van der Waals surface area contributed by atoms with Crippen molar-refractivity contribution in [2.75, 3.05) is 40.1 Å². The van der Waals surface area contributed by atoms with E-state index >= 15 is 0 Å². The predicted molar refractivity (Wildman–Crippen MR) is 246 cm³/mol. The molecule has 2 heterocycles. The molecular formula is C48H77N5O9S. The van der Waals surface area contributed by atoms with Crippen LogP contribution in [0.3, 0.4) is 0 Å². The number of carboxylic acids is 1. The number of amides is 4. The van der Waals surface area contributed by atoms with E-state index < -0.39 is 54.2 Å². The summed E-state index contributed by atoms with van der Waals surface area (Å²) in [4.78, 5) is 86.0. The van der Waals surface area contributed by atoms with Gasteiger partial charge in [0.2, 0.25) is 23.6 Å². The number of carbonyl (C=O) groups excluding carboxylic acids is 5. The van der Waals surface area contributed by atoms with Crippen LogP contribution in [0.1, 0.15) is 118 Å². The third kappa shape index (κ3) is 14.0. The third-order valence-corrected chi connectivity index (χ3v) is 14.9. The van der Waals surface area contributed by atoms with Gasteiger partial charge in [0.1, 0.15) is 12.1 Å². The van der Waals surface area contributed by atoms with E-state index in [1.54, 1.807) is 37.8 Å². The van der Waals surface area contributed by atoms with E-state index in [1.165, 1.54) is 18.9 Å². The lowest BCUT2D eigenvalue weighted by Gasteiger charge is -2.41. The highest BCUT2D eigenvalue weighted by Gasteiger charge is 2.50. The van der Waals surface area contributed by atoms with Crippen LogP contribution in [0.25, 0.3) is 0 Å². The van der Waals surface area contributed by atoms with E-state index in [-0.39, 0.29) is 59.5 Å². The molecule has 1 aromatic carbocycles. The fourth-order valence-electron chi connectivity index (χ4n) is 10.4. The second-order valence-electron chi connectivity index (χ2n) is 18.6. The summed E-state index contributed by atoms with van der Waals surface area (Å²) in [6, 6.07) is 6.43. The molecule has 4 amide bonds. The average molecular weight is 900 g/mol. The van der Waals surface area contributed by atoms with E-state index in [1.807, 2.05) is 58.0 Å². The van der Waals surface area contributed by atoms with Crippen LogP contribution >= 0.6 is 11.8 Å². The van der Waals surface area contributed by atoms with Crippen LogP contribution in [-0.4, -0.2) is 143 Å². The molecule has 0 aromatic heterocycles. The Kier molecular flexibility index (Phi) is 20.9. The Balaban J connectivity index is 1.42. The number of benzene rings is 1. The number of likely N-dealkylation sites (N-methyl/N-ethyl adjacent to an activating group) is 1. The van der Waals surface area contributed by atoms with E-state index in [4.69, 9.17) is 9.47 Å². The van der Waals surface area contributed by atoms with E-state index in [0.717, 1.165) is 69.2 Å². The average Bonchev–Trinajstić information content (AvgIpc) is 4.02. The van der Waals surface area contributed by atoms with Gasteiger partial charge in [0.05, 0.1) is 42.7 Å². The molecule has 0 spiro atoms. The number of ether oxygens (including phenoxy) is 2. The third-order valence-electron chi connectivity index (χ3n) is 14.0. The van der Waals surface area contributed by atoms with Crippen molar-refractivity contribution < 1.29 is 43.3 Å². The number of piperidine rings is 1. The Bertz CT molecular complexity index is 1670. The highest BCUT2D eigenvalue weighted by atomic mass is 32.2. The minimum atomic E-state index is -1.14. The second-order valence-corrected chi connectivity index (χ2v) is 19.8. The van der Waals surface area contributed by atoms with Gasteiger partial charge in [-0.3, -0.25) is 28.9 Å². The zero-order valence-electron chi connectivity index (χ0n) is 39.4. The van der Waals surface area contributed by atoms with Crippen LogP contribution in [0.5, 0.6) is 0 Å². The van der Waals surface area contributed by atoms with Gasteiger partial charge >= 0.3 is 5.97 Å². The lowest BCUT2D eigenvalue weighted by molar-refractivity contribution is -0.148. The first-order chi connectivity index (χ1) is 30.0. The molecule has 1 saturated carbocycles. The van der Waals surface area contributed by atoms with Gasteiger partial charge in [-0.1, -0.05) is 96.0 Å². The van der Waals surface area contributed by atoms with Crippen molar-refractivity contribution in [2.45, 2.75) is 167 Å². The number of carbonyl (C=O) groups is 6. The lowest BCUT2D eigenvalue weighted by atomic mass is 9.89. The van der Waals surface area contributed by atoms with Gasteiger partial charge < -0.3 is 35.0 Å². The maximum atomic E-state index is 14.6. The Morgan fingerprint density at radius 2 is 1.63 bits per heavy atom. The number of fused-ring (bicyclic) bond motifs is 2. The largest absolute Gasteiger partial charge is 0.480 e. The van der Waals surface area contributed by atoms with Crippen molar-refractivity contribution in [1.82, 2.24) is 25.3 Å². The molecule has 3 unspecified atom stereocenters. The maximum Gasteiger partial charge on any atom is 0.326 e. The molecule has 3 N–H and O–H groups in total. The first-order valence-corrected chi connectivity index (χ1v) is 24.4. The van der Waals surface area contributed by atoms with Crippen molar-refractivity contribution in [1.29, 1.82) is 0 Å². The second kappa shape index (κ2) is 25.2. The highest BCUT2D eigenvalue weighted by molar-refractivity contribution is 8.13. The summed E-state index contributed by atoms with van der Waals surface area (Å²) in [6.45, 7) is 12.6. The Labute approximate surface area is 380 Å². The van der Waals surface area contributed by atoms with Crippen molar-refractivity contribution in [3.8, 4) is 0 Å². The Morgan fingerprint density at radius 3 is 2.25 bits per heavy atom. The van der Waals surface area contributed by atoms with E-state index in [2.05, 4.69) is 15.5 Å². The van der Waals surface area contributed by atoms with Crippen molar-refractivity contribution in [3.05, 3.63) is 35.9 Å². The van der Waals surface area contributed by atoms with Gasteiger partial charge in [-0.25, -0.2) is 4.79 Å². The number of carboxylic acid groups (broad SMARTS) is 1. The monoisotopic (exact) mass is 900 g/mol. The van der Waals surface area contributed by atoms with Gasteiger partial charge in [0, 0.05) is 53.0 Å². The summed E-state index contributed by atoms with van der Waals surface area (Å²) in [6.07, 6.45) is 7.99. The molecule has 3 aliphatic rings. The van der Waals surface area contributed by atoms with E-state index in [9.17, 15) is 33.9 Å². The molecule has 11 atom stereocenters. The molecule has 3 fully saturated rings. The SMILES string of the molecule is CC[C@H](C)[C@@H]([C@@H](CC(=O)N1CCCC1[C@H](OC)[C@@H](C)C(=O)NC(Cc1ccccc1)C(=O)O)OC)N(C)C(=O)C(NC(=O)[C@@H]1[C@H]2CC[C@H](C2)N1CCCCCCSC(C)=O)C(C)C. The zero-order chi connectivity index (χ0) is 46.4. The maximum absolute atomic E-state index is 14.6. The normalized spacial score (nSPS) is 23.1. The minimum Gasteiger partial charge on any atom is -0.480 e. The fourth-order valence-corrected chi connectivity index (χ4v) is 11.0.